The first-order valence-electron chi connectivity index (χ1n) is 4.53. The Balaban J connectivity index is 3.07. The van der Waals surface area contributed by atoms with E-state index in [4.69, 9.17) is 10.8 Å². The summed E-state index contributed by atoms with van der Waals surface area (Å²) < 4.78 is 37.5. The minimum atomic E-state index is -4.24. The summed E-state index contributed by atoms with van der Waals surface area (Å²) in [5.74, 6) is -4.62. The van der Waals surface area contributed by atoms with Crippen LogP contribution in [0.15, 0.2) is 18.2 Å². The van der Waals surface area contributed by atoms with Crippen LogP contribution in [-0.2, 0) is 14.8 Å². The van der Waals surface area contributed by atoms with Gasteiger partial charge in [-0.3, -0.25) is 14.3 Å². The SMILES string of the molecule is NC(=O)c1ccc(F)c(NS(=O)(=O)CC(=O)O)c1. The zero-order chi connectivity index (χ0) is 13.9. The van der Waals surface area contributed by atoms with E-state index in [1.54, 1.807) is 4.72 Å². The summed E-state index contributed by atoms with van der Waals surface area (Å²) in [7, 11) is -4.24. The van der Waals surface area contributed by atoms with Gasteiger partial charge in [-0.15, -0.1) is 0 Å². The molecule has 0 spiro atoms. The molecular weight excluding hydrogens is 267 g/mol. The van der Waals surface area contributed by atoms with Gasteiger partial charge in [0.25, 0.3) is 0 Å². The molecule has 0 saturated carbocycles. The van der Waals surface area contributed by atoms with Crippen LogP contribution >= 0.6 is 0 Å². The lowest BCUT2D eigenvalue weighted by Gasteiger charge is -2.08. The topological polar surface area (TPSA) is 127 Å². The number of carbonyl (C=O) groups is 2. The molecule has 1 aromatic carbocycles. The molecule has 0 radical (unpaired) electrons. The highest BCUT2D eigenvalue weighted by Gasteiger charge is 2.18. The van der Waals surface area contributed by atoms with E-state index in [9.17, 15) is 22.4 Å². The third-order valence-corrected chi connectivity index (χ3v) is 2.99. The van der Waals surface area contributed by atoms with Crippen molar-refractivity contribution < 1.29 is 27.5 Å². The second-order valence-corrected chi connectivity index (χ2v) is 5.04. The Kier molecular flexibility index (Phi) is 3.86. The van der Waals surface area contributed by atoms with Crippen LogP contribution in [0.3, 0.4) is 0 Å². The maximum absolute atomic E-state index is 13.3. The molecule has 7 nitrogen and oxygen atoms in total. The molecule has 0 unspecified atom stereocenters. The Labute approximate surface area is 101 Å². The molecular formula is C9H9FN2O5S. The molecule has 0 atom stereocenters. The molecule has 1 aromatic rings. The number of carboxylic acids is 1. The second kappa shape index (κ2) is 5.00. The van der Waals surface area contributed by atoms with E-state index in [-0.39, 0.29) is 5.56 Å². The lowest BCUT2D eigenvalue weighted by atomic mass is 10.2. The fraction of sp³-hybridized carbons (Fsp3) is 0.111. The summed E-state index contributed by atoms with van der Waals surface area (Å²) >= 11 is 0. The molecule has 98 valence electrons. The van der Waals surface area contributed by atoms with Crippen LogP contribution in [-0.4, -0.2) is 31.2 Å². The van der Waals surface area contributed by atoms with E-state index in [0.717, 1.165) is 18.2 Å². The molecule has 18 heavy (non-hydrogen) atoms. The molecule has 0 heterocycles. The first kappa shape index (κ1) is 13.9. The number of nitrogens with one attached hydrogen (secondary N) is 1. The average molecular weight is 276 g/mol. The predicted octanol–water partition coefficient (Wildman–Crippen LogP) is -0.249. The molecule has 0 aromatic heterocycles. The number of aliphatic carboxylic acids is 1. The van der Waals surface area contributed by atoms with Crippen molar-refractivity contribution in [1.82, 2.24) is 0 Å². The molecule has 0 aliphatic rings. The molecule has 4 N–H and O–H groups in total. The second-order valence-electron chi connectivity index (χ2n) is 3.31. The molecule has 0 saturated heterocycles. The maximum atomic E-state index is 13.3. The van der Waals surface area contributed by atoms with Gasteiger partial charge in [0.15, 0.2) is 5.75 Å². The van der Waals surface area contributed by atoms with Crippen molar-refractivity contribution in [2.24, 2.45) is 5.73 Å². The van der Waals surface area contributed by atoms with Crippen molar-refractivity contribution >= 4 is 27.6 Å². The van der Waals surface area contributed by atoms with Crippen LogP contribution in [0.4, 0.5) is 10.1 Å². The number of halogens is 1. The zero-order valence-corrected chi connectivity index (χ0v) is 9.70. The van der Waals surface area contributed by atoms with E-state index in [1.165, 1.54) is 0 Å². The third kappa shape index (κ3) is 3.70. The lowest BCUT2D eigenvalue weighted by Crippen LogP contribution is -2.23. The Hall–Kier alpha value is -2.16. The van der Waals surface area contributed by atoms with Gasteiger partial charge in [-0.25, -0.2) is 12.8 Å². The Morgan fingerprint density at radius 2 is 2.00 bits per heavy atom. The lowest BCUT2D eigenvalue weighted by molar-refractivity contribution is -0.134. The average Bonchev–Trinajstić information content (AvgIpc) is 2.18. The number of carboxylic acid groups (broad SMARTS) is 1. The first-order chi connectivity index (χ1) is 8.21. The summed E-state index contributed by atoms with van der Waals surface area (Å²) in [6, 6.07) is 2.81. The van der Waals surface area contributed by atoms with Crippen LogP contribution in [0, 0.1) is 5.82 Å². The number of benzene rings is 1. The number of amides is 1. The van der Waals surface area contributed by atoms with E-state index in [1.807, 2.05) is 0 Å². The largest absolute Gasteiger partial charge is 0.480 e. The van der Waals surface area contributed by atoms with Crippen LogP contribution in [0.1, 0.15) is 10.4 Å². The van der Waals surface area contributed by atoms with Crippen molar-refractivity contribution in [2.75, 3.05) is 10.5 Å². The minimum absolute atomic E-state index is 0.107. The monoisotopic (exact) mass is 276 g/mol. The highest BCUT2D eigenvalue weighted by molar-refractivity contribution is 7.93. The van der Waals surface area contributed by atoms with Crippen molar-refractivity contribution in [3.05, 3.63) is 29.6 Å². The Morgan fingerprint density at radius 1 is 1.39 bits per heavy atom. The fourth-order valence-electron chi connectivity index (χ4n) is 1.12. The van der Waals surface area contributed by atoms with Crippen LogP contribution in [0.25, 0.3) is 0 Å². The van der Waals surface area contributed by atoms with Gasteiger partial charge in [-0.2, -0.15) is 0 Å². The van der Waals surface area contributed by atoms with Gasteiger partial charge in [0.2, 0.25) is 15.9 Å². The molecule has 9 heteroatoms. The number of hydrogen-bond donors (Lipinski definition) is 3. The fourth-order valence-corrected chi connectivity index (χ4v) is 2.01. The number of carbonyl (C=O) groups excluding carboxylic acids is 1. The quantitative estimate of drug-likeness (QED) is 0.683. The summed E-state index contributed by atoms with van der Waals surface area (Å²) in [6.45, 7) is 0. The summed E-state index contributed by atoms with van der Waals surface area (Å²) in [5.41, 5.74) is 4.30. The third-order valence-electron chi connectivity index (χ3n) is 1.83. The molecule has 0 bridgehead atoms. The smallest absolute Gasteiger partial charge is 0.320 e. The van der Waals surface area contributed by atoms with Gasteiger partial charge in [0.1, 0.15) is 5.82 Å². The van der Waals surface area contributed by atoms with Crippen molar-refractivity contribution in [3.63, 3.8) is 0 Å². The van der Waals surface area contributed by atoms with Crippen molar-refractivity contribution in [3.8, 4) is 0 Å². The normalized spacial score (nSPS) is 10.9. The number of sulfonamides is 1. The van der Waals surface area contributed by atoms with Crippen LogP contribution in [0.2, 0.25) is 0 Å². The van der Waals surface area contributed by atoms with Gasteiger partial charge in [-0.05, 0) is 18.2 Å². The van der Waals surface area contributed by atoms with E-state index in [0.29, 0.717) is 0 Å². The molecule has 0 aliphatic heterocycles. The van der Waals surface area contributed by atoms with Gasteiger partial charge < -0.3 is 10.8 Å². The summed E-state index contributed by atoms with van der Waals surface area (Å²) in [6.07, 6.45) is 0. The Bertz CT molecular complexity index is 599. The molecule has 0 aliphatic carbocycles. The van der Waals surface area contributed by atoms with E-state index < -0.39 is 39.2 Å². The highest BCUT2D eigenvalue weighted by Crippen LogP contribution is 2.17. The minimum Gasteiger partial charge on any atom is -0.480 e. The first-order valence-corrected chi connectivity index (χ1v) is 6.18. The van der Waals surface area contributed by atoms with Gasteiger partial charge in [0, 0.05) is 5.56 Å². The molecule has 0 fully saturated rings. The summed E-state index contributed by atoms with van der Waals surface area (Å²) in [5, 5.41) is 8.35. The molecule has 1 rings (SSSR count). The van der Waals surface area contributed by atoms with Gasteiger partial charge in [0.05, 0.1) is 5.69 Å². The maximum Gasteiger partial charge on any atom is 0.320 e. The van der Waals surface area contributed by atoms with E-state index >= 15 is 0 Å². The van der Waals surface area contributed by atoms with Gasteiger partial charge in [-0.1, -0.05) is 0 Å². The molecule has 1 amide bonds. The number of rotatable bonds is 5. The number of primary amides is 1. The highest BCUT2D eigenvalue weighted by atomic mass is 32.2. The Morgan fingerprint density at radius 3 is 2.50 bits per heavy atom. The number of hydrogen-bond acceptors (Lipinski definition) is 4. The van der Waals surface area contributed by atoms with Crippen LogP contribution in [0.5, 0.6) is 0 Å². The standard InChI is InChI=1S/C9H9FN2O5S/c10-6-2-1-5(9(11)15)3-7(6)12-18(16,17)4-8(13)14/h1-3,12H,4H2,(H2,11,15)(H,13,14). The predicted molar refractivity (Wildman–Crippen MR) is 60.0 cm³/mol. The van der Waals surface area contributed by atoms with Gasteiger partial charge >= 0.3 is 5.97 Å². The van der Waals surface area contributed by atoms with Crippen LogP contribution < -0.4 is 10.5 Å². The van der Waals surface area contributed by atoms with Crippen molar-refractivity contribution in [2.45, 2.75) is 0 Å². The zero-order valence-electron chi connectivity index (χ0n) is 8.88. The summed E-state index contributed by atoms with van der Waals surface area (Å²) in [4.78, 5) is 21.1. The van der Waals surface area contributed by atoms with E-state index in [2.05, 4.69) is 0 Å². The number of nitrogens with two attached hydrogens (primary N) is 1. The number of anilines is 1. The van der Waals surface area contributed by atoms with Crippen molar-refractivity contribution in [1.29, 1.82) is 0 Å².